The van der Waals surface area contributed by atoms with Crippen LogP contribution in [0.5, 0.6) is 5.75 Å². The van der Waals surface area contributed by atoms with Gasteiger partial charge in [0.05, 0.1) is 6.61 Å². The summed E-state index contributed by atoms with van der Waals surface area (Å²) in [4.78, 5) is 12.1. The van der Waals surface area contributed by atoms with Gasteiger partial charge in [0.15, 0.2) is 0 Å². The zero-order chi connectivity index (χ0) is 25.9. The highest BCUT2D eigenvalue weighted by Crippen LogP contribution is 2.33. The van der Waals surface area contributed by atoms with Gasteiger partial charge in [-0.2, -0.15) is 0 Å². The van der Waals surface area contributed by atoms with Crippen LogP contribution in [0.2, 0.25) is 0 Å². The van der Waals surface area contributed by atoms with Crippen molar-refractivity contribution in [1.29, 1.82) is 0 Å². The molecule has 0 aromatic heterocycles. The van der Waals surface area contributed by atoms with Crippen LogP contribution in [0.4, 0.5) is 0 Å². The molecule has 1 heterocycles. The Bertz CT molecular complexity index is 929. The number of hydrogen-bond donors (Lipinski definition) is 3. The van der Waals surface area contributed by atoms with E-state index in [9.17, 15) is 20.1 Å². The second-order valence-electron chi connectivity index (χ2n) is 9.41. The average Bonchev–Trinajstić information content (AvgIpc) is 2.88. The third-order valence-electron chi connectivity index (χ3n) is 6.53. The van der Waals surface area contributed by atoms with Gasteiger partial charge < -0.3 is 29.5 Å². The summed E-state index contributed by atoms with van der Waals surface area (Å²) >= 11 is 0. The average molecular weight is 501 g/mol. The molecule has 0 amide bonds. The lowest BCUT2D eigenvalue weighted by molar-refractivity contribution is -0.234. The van der Waals surface area contributed by atoms with Crippen LogP contribution in [0.3, 0.4) is 0 Å². The molecule has 198 valence electrons. The third-order valence-corrected chi connectivity index (χ3v) is 6.53. The minimum Gasteiger partial charge on any atom is -0.494 e. The summed E-state index contributed by atoms with van der Waals surface area (Å²) in [7, 11) is 0. The van der Waals surface area contributed by atoms with Crippen LogP contribution in [-0.4, -0.2) is 58.9 Å². The van der Waals surface area contributed by atoms with Gasteiger partial charge in [-0.1, -0.05) is 69.0 Å². The first-order valence-electron chi connectivity index (χ1n) is 13.1. The number of esters is 1. The van der Waals surface area contributed by atoms with Gasteiger partial charge in [0.25, 0.3) is 0 Å². The molecule has 0 radical (unpaired) electrons. The van der Waals surface area contributed by atoms with Crippen LogP contribution in [0.25, 0.3) is 0 Å². The molecule has 1 saturated heterocycles. The molecule has 0 bridgehead atoms. The molecule has 2 aromatic rings. The van der Waals surface area contributed by atoms with Crippen molar-refractivity contribution in [1.82, 2.24) is 0 Å². The van der Waals surface area contributed by atoms with E-state index in [1.165, 1.54) is 0 Å². The smallest absolute Gasteiger partial charge is 0.305 e. The summed E-state index contributed by atoms with van der Waals surface area (Å²) in [5.74, 6) is 0.473. The van der Waals surface area contributed by atoms with Crippen molar-refractivity contribution in [3.8, 4) is 5.75 Å². The van der Waals surface area contributed by atoms with Gasteiger partial charge in [0.2, 0.25) is 0 Å². The fourth-order valence-corrected chi connectivity index (χ4v) is 4.47. The van der Waals surface area contributed by atoms with Crippen LogP contribution in [0, 0.1) is 0 Å². The summed E-state index contributed by atoms with van der Waals surface area (Å²) in [6, 6.07) is 15.5. The van der Waals surface area contributed by atoms with Crippen molar-refractivity contribution in [3.05, 3.63) is 65.2 Å². The van der Waals surface area contributed by atoms with E-state index in [1.807, 2.05) is 55.5 Å². The second-order valence-corrected chi connectivity index (χ2v) is 9.41. The van der Waals surface area contributed by atoms with Crippen LogP contribution < -0.4 is 4.74 Å². The Hall–Kier alpha value is -2.45. The lowest BCUT2D eigenvalue weighted by atomic mass is 9.90. The van der Waals surface area contributed by atoms with Gasteiger partial charge in [-0.05, 0) is 48.6 Å². The van der Waals surface area contributed by atoms with Crippen LogP contribution >= 0.6 is 0 Å². The molecule has 1 aliphatic heterocycles. The van der Waals surface area contributed by atoms with Crippen LogP contribution in [0.15, 0.2) is 48.5 Å². The van der Waals surface area contributed by atoms with Crippen LogP contribution in [0.1, 0.15) is 75.2 Å². The summed E-state index contributed by atoms with van der Waals surface area (Å²) in [6.07, 6.45) is 0.224. The standard InChI is InChI=1S/C29H40O7/c1-3-5-6-7-8-12-25(30)35-19-24-26(31)27(32)28(33)29(36-24)22-11-9-10-21(18-22)17-20-13-15-23(16-14-20)34-4-2/h9-11,13-16,18,24,26-29,31-33H,3-8,12,17,19H2,1-2H3/t24-,26-,27+,28-,29+/m1/s1. The number of carbonyl (C=O) groups excluding carboxylic acids is 1. The van der Waals surface area contributed by atoms with E-state index in [0.717, 1.165) is 49.0 Å². The summed E-state index contributed by atoms with van der Waals surface area (Å²) in [5, 5.41) is 31.6. The van der Waals surface area contributed by atoms with Crippen molar-refractivity contribution in [2.75, 3.05) is 13.2 Å². The second kappa shape index (κ2) is 14.3. The molecule has 36 heavy (non-hydrogen) atoms. The number of aliphatic hydroxyl groups is 3. The van der Waals surface area contributed by atoms with Gasteiger partial charge in [0, 0.05) is 6.42 Å². The number of rotatable bonds is 13. The first kappa shape index (κ1) is 28.1. The Kier molecular flexibility index (Phi) is 11.2. The summed E-state index contributed by atoms with van der Waals surface area (Å²) in [5.41, 5.74) is 2.80. The fourth-order valence-electron chi connectivity index (χ4n) is 4.47. The number of unbranched alkanes of at least 4 members (excludes halogenated alkanes) is 4. The highest BCUT2D eigenvalue weighted by Gasteiger charge is 2.44. The number of carbonyl (C=O) groups is 1. The maximum atomic E-state index is 12.1. The number of hydrogen-bond acceptors (Lipinski definition) is 7. The van der Waals surface area contributed by atoms with Crippen molar-refractivity contribution in [3.63, 3.8) is 0 Å². The van der Waals surface area contributed by atoms with Gasteiger partial charge >= 0.3 is 5.97 Å². The van der Waals surface area contributed by atoms with E-state index >= 15 is 0 Å². The predicted octanol–water partition coefficient (Wildman–Crippen LogP) is 4.10. The topological polar surface area (TPSA) is 105 Å². The summed E-state index contributed by atoms with van der Waals surface area (Å²) in [6.45, 7) is 4.52. The number of aliphatic hydroxyl groups excluding tert-OH is 3. The molecule has 1 fully saturated rings. The van der Waals surface area contributed by atoms with Crippen LogP contribution in [-0.2, 0) is 20.7 Å². The normalized spacial score (nSPS) is 23.9. The Morgan fingerprint density at radius 1 is 0.889 bits per heavy atom. The molecular weight excluding hydrogens is 460 g/mol. The first-order chi connectivity index (χ1) is 17.4. The zero-order valence-corrected chi connectivity index (χ0v) is 21.3. The molecule has 7 nitrogen and oxygen atoms in total. The fraction of sp³-hybridized carbons (Fsp3) is 0.552. The van der Waals surface area contributed by atoms with E-state index in [2.05, 4.69) is 6.92 Å². The Morgan fingerprint density at radius 3 is 2.36 bits per heavy atom. The SMILES string of the molecule is CCCCCCCC(=O)OC[C@H]1O[C@@H](c2cccc(Cc3ccc(OCC)cc3)c2)[C@H](O)[C@@H](O)[C@@H]1O. The molecule has 0 saturated carbocycles. The van der Waals surface area contributed by atoms with Gasteiger partial charge in [-0.15, -0.1) is 0 Å². The molecule has 0 spiro atoms. The first-order valence-corrected chi connectivity index (χ1v) is 13.1. The zero-order valence-electron chi connectivity index (χ0n) is 21.3. The molecule has 2 aromatic carbocycles. The molecule has 0 unspecified atom stereocenters. The van der Waals surface area contributed by atoms with Crippen molar-refractivity contribution in [2.45, 2.75) is 89.3 Å². The molecule has 3 rings (SSSR count). The van der Waals surface area contributed by atoms with Gasteiger partial charge in [0.1, 0.15) is 42.9 Å². The Morgan fingerprint density at radius 2 is 1.64 bits per heavy atom. The minimum atomic E-state index is -1.42. The highest BCUT2D eigenvalue weighted by molar-refractivity contribution is 5.69. The molecule has 7 heteroatoms. The van der Waals surface area contributed by atoms with E-state index in [-0.39, 0.29) is 12.6 Å². The van der Waals surface area contributed by atoms with E-state index in [0.29, 0.717) is 25.0 Å². The number of ether oxygens (including phenoxy) is 3. The van der Waals surface area contributed by atoms with Crippen molar-refractivity contribution in [2.24, 2.45) is 0 Å². The largest absolute Gasteiger partial charge is 0.494 e. The van der Waals surface area contributed by atoms with E-state index < -0.39 is 30.5 Å². The highest BCUT2D eigenvalue weighted by atomic mass is 16.6. The Labute approximate surface area is 214 Å². The maximum Gasteiger partial charge on any atom is 0.305 e. The monoisotopic (exact) mass is 500 g/mol. The number of benzene rings is 2. The molecule has 0 aliphatic carbocycles. The predicted molar refractivity (Wildman–Crippen MR) is 137 cm³/mol. The lowest BCUT2D eigenvalue weighted by Crippen LogP contribution is -2.55. The van der Waals surface area contributed by atoms with E-state index in [4.69, 9.17) is 14.2 Å². The van der Waals surface area contributed by atoms with Gasteiger partial charge in [-0.3, -0.25) is 4.79 Å². The summed E-state index contributed by atoms with van der Waals surface area (Å²) < 4.78 is 16.8. The van der Waals surface area contributed by atoms with Crippen molar-refractivity contribution < 1.29 is 34.3 Å². The lowest BCUT2D eigenvalue weighted by Gasteiger charge is -2.40. The van der Waals surface area contributed by atoms with Crippen molar-refractivity contribution >= 4 is 5.97 Å². The minimum absolute atomic E-state index is 0.179. The maximum absolute atomic E-state index is 12.1. The molecule has 3 N–H and O–H groups in total. The molecule has 1 aliphatic rings. The third kappa shape index (κ3) is 8.03. The van der Waals surface area contributed by atoms with Gasteiger partial charge in [-0.25, -0.2) is 0 Å². The quantitative estimate of drug-likeness (QED) is 0.281. The van der Waals surface area contributed by atoms with E-state index in [1.54, 1.807) is 0 Å². The Balaban J connectivity index is 1.60. The molecule has 5 atom stereocenters. The molecular formula is C29H40O7.